The van der Waals surface area contributed by atoms with E-state index in [1.807, 2.05) is 19.1 Å². The SMILES string of the molecule is C=C/C=C/[C@H](C)OCOC. The van der Waals surface area contributed by atoms with Crippen molar-refractivity contribution in [3.05, 3.63) is 24.8 Å². The van der Waals surface area contributed by atoms with Crippen LogP contribution in [0.5, 0.6) is 0 Å². The van der Waals surface area contributed by atoms with Gasteiger partial charge in [-0.3, -0.25) is 0 Å². The molecule has 0 aliphatic carbocycles. The highest BCUT2D eigenvalue weighted by molar-refractivity contribution is 4.99. The van der Waals surface area contributed by atoms with Crippen molar-refractivity contribution >= 4 is 0 Å². The number of hydrogen-bond donors (Lipinski definition) is 0. The largest absolute Gasteiger partial charge is 0.359 e. The Hall–Kier alpha value is -0.600. The minimum Gasteiger partial charge on any atom is -0.359 e. The lowest BCUT2D eigenvalue weighted by molar-refractivity contribution is -0.0495. The lowest BCUT2D eigenvalue weighted by Crippen LogP contribution is -2.06. The smallest absolute Gasteiger partial charge is 0.147 e. The van der Waals surface area contributed by atoms with Crippen LogP contribution in [-0.4, -0.2) is 20.0 Å². The van der Waals surface area contributed by atoms with Crippen molar-refractivity contribution in [2.24, 2.45) is 0 Å². The Morgan fingerprint density at radius 2 is 2.30 bits per heavy atom. The van der Waals surface area contributed by atoms with E-state index in [4.69, 9.17) is 9.47 Å². The minimum atomic E-state index is 0.0953. The number of allylic oxidation sites excluding steroid dienone is 2. The molecule has 0 saturated carbocycles. The highest BCUT2D eigenvalue weighted by Gasteiger charge is 1.92. The van der Waals surface area contributed by atoms with E-state index in [1.165, 1.54) is 0 Å². The summed E-state index contributed by atoms with van der Waals surface area (Å²) in [4.78, 5) is 0. The number of ether oxygens (including phenoxy) is 2. The zero-order valence-electron chi connectivity index (χ0n) is 6.54. The Morgan fingerprint density at radius 1 is 1.60 bits per heavy atom. The summed E-state index contributed by atoms with van der Waals surface area (Å²) in [6.45, 7) is 5.82. The lowest BCUT2D eigenvalue weighted by Gasteiger charge is -2.05. The molecular formula is C8H14O2. The maximum Gasteiger partial charge on any atom is 0.147 e. The van der Waals surface area contributed by atoms with Crippen LogP contribution < -0.4 is 0 Å². The first-order valence-corrected chi connectivity index (χ1v) is 3.21. The van der Waals surface area contributed by atoms with Crippen LogP contribution >= 0.6 is 0 Å². The predicted molar refractivity (Wildman–Crippen MR) is 41.8 cm³/mol. The zero-order valence-corrected chi connectivity index (χ0v) is 6.54. The highest BCUT2D eigenvalue weighted by atomic mass is 16.7. The molecule has 0 aliphatic rings. The van der Waals surface area contributed by atoms with Gasteiger partial charge in [0.1, 0.15) is 6.79 Å². The topological polar surface area (TPSA) is 18.5 Å². The quantitative estimate of drug-likeness (QED) is 0.430. The molecule has 0 N–H and O–H groups in total. The normalized spacial score (nSPS) is 13.8. The molecule has 0 radical (unpaired) electrons. The van der Waals surface area contributed by atoms with Crippen LogP contribution in [0.2, 0.25) is 0 Å². The second-order valence-corrected chi connectivity index (χ2v) is 1.90. The van der Waals surface area contributed by atoms with Crippen molar-refractivity contribution in [3.8, 4) is 0 Å². The maximum absolute atomic E-state index is 5.14. The van der Waals surface area contributed by atoms with Gasteiger partial charge in [0.05, 0.1) is 6.10 Å². The number of hydrogen-bond acceptors (Lipinski definition) is 2. The average Bonchev–Trinajstić information content (AvgIpc) is 1.97. The summed E-state index contributed by atoms with van der Waals surface area (Å²) in [6, 6.07) is 0. The van der Waals surface area contributed by atoms with Gasteiger partial charge in [0.25, 0.3) is 0 Å². The molecule has 58 valence electrons. The monoisotopic (exact) mass is 142 g/mol. The molecule has 0 amide bonds. The molecular weight excluding hydrogens is 128 g/mol. The summed E-state index contributed by atoms with van der Waals surface area (Å²) in [7, 11) is 1.60. The first-order valence-electron chi connectivity index (χ1n) is 3.21. The molecule has 0 spiro atoms. The second kappa shape index (κ2) is 6.52. The molecule has 0 unspecified atom stereocenters. The fourth-order valence-electron chi connectivity index (χ4n) is 0.466. The summed E-state index contributed by atoms with van der Waals surface area (Å²) in [5.41, 5.74) is 0. The fourth-order valence-corrected chi connectivity index (χ4v) is 0.466. The average molecular weight is 142 g/mol. The molecule has 0 rings (SSSR count). The van der Waals surface area contributed by atoms with Crippen molar-refractivity contribution in [3.63, 3.8) is 0 Å². The van der Waals surface area contributed by atoms with Crippen LogP contribution in [0.1, 0.15) is 6.92 Å². The maximum atomic E-state index is 5.14. The highest BCUT2D eigenvalue weighted by Crippen LogP contribution is 1.92. The first kappa shape index (κ1) is 9.40. The van der Waals surface area contributed by atoms with Gasteiger partial charge < -0.3 is 9.47 Å². The Kier molecular flexibility index (Phi) is 6.13. The third kappa shape index (κ3) is 5.54. The van der Waals surface area contributed by atoms with E-state index in [2.05, 4.69) is 6.58 Å². The summed E-state index contributed by atoms with van der Waals surface area (Å²) < 4.78 is 9.85. The van der Waals surface area contributed by atoms with E-state index in [9.17, 15) is 0 Å². The summed E-state index contributed by atoms with van der Waals surface area (Å²) >= 11 is 0. The standard InChI is InChI=1S/C8H14O2/c1-4-5-6-8(2)10-7-9-3/h4-6,8H,1,7H2,2-3H3/b6-5+/t8-/m0/s1. The molecule has 0 aromatic rings. The Balaban J connectivity index is 3.32. The number of rotatable bonds is 5. The van der Waals surface area contributed by atoms with E-state index in [-0.39, 0.29) is 6.10 Å². The molecule has 0 bridgehead atoms. The van der Waals surface area contributed by atoms with E-state index in [1.54, 1.807) is 13.2 Å². The van der Waals surface area contributed by atoms with Gasteiger partial charge in [-0.25, -0.2) is 0 Å². The Labute approximate surface area is 62.1 Å². The molecule has 0 heterocycles. The van der Waals surface area contributed by atoms with Gasteiger partial charge in [-0.2, -0.15) is 0 Å². The van der Waals surface area contributed by atoms with Gasteiger partial charge in [-0.1, -0.05) is 24.8 Å². The van der Waals surface area contributed by atoms with Crippen molar-refractivity contribution in [2.75, 3.05) is 13.9 Å². The van der Waals surface area contributed by atoms with Crippen LogP contribution in [0, 0.1) is 0 Å². The molecule has 0 fully saturated rings. The van der Waals surface area contributed by atoms with Crippen molar-refractivity contribution < 1.29 is 9.47 Å². The Bertz CT molecular complexity index is 108. The van der Waals surface area contributed by atoms with Crippen LogP contribution in [0.15, 0.2) is 24.8 Å². The van der Waals surface area contributed by atoms with Crippen molar-refractivity contribution in [1.29, 1.82) is 0 Å². The van der Waals surface area contributed by atoms with Gasteiger partial charge in [0, 0.05) is 7.11 Å². The van der Waals surface area contributed by atoms with Crippen molar-refractivity contribution in [2.45, 2.75) is 13.0 Å². The predicted octanol–water partition coefficient (Wildman–Crippen LogP) is 1.74. The molecule has 0 aromatic heterocycles. The molecule has 0 saturated heterocycles. The molecule has 2 nitrogen and oxygen atoms in total. The van der Waals surface area contributed by atoms with Crippen LogP contribution in [0.25, 0.3) is 0 Å². The van der Waals surface area contributed by atoms with Crippen LogP contribution in [0.4, 0.5) is 0 Å². The molecule has 0 aromatic carbocycles. The van der Waals surface area contributed by atoms with E-state index in [0.717, 1.165) is 0 Å². The number of methoxy groups -OCH3 is 1. The molecule has 10 heavy (non-hydrogen) atoms. The van der Waals surface area contributed by atoms with E-state index in [0.29, 0.717) is 6.79 Å². The van der Waals surface area contributed by atoms with Gasteiger partial charge in [-0.15, -0.1) is 0 Å². The zero-order chi connectivity index (χ0) is 7.82. The van der Waals surface area contributed by atoms with Gasteiger partial charge in [-0.05, 0) is 6.92 Å². The molecule has 0 aliphatic heterocycles. The summed E-state index contributed by atoms with van der Waals surface area (Å²) in [5.74, 6) is 0. The Morgan fingerprint density at radius 3 is 2.80 bits per heavy atom. The molecule has 1 atom stereocenters. The van der Waals surface area contributed by atoms with Gasteiger partial charge in [0.2, 0.25) is 0 Å². The first-order chi connectivity index (χ1) is 4.81. The summed E-state index contributed by atoms with van der Waals surface area (Å²) in [6.07, 6.45) is 5.57. The minimum absolute atomic E-state index is 0.0953. The van der Waals surface area contributed by atoms with Gasteiger partial charge >= 0.3 is 0 Å². The van der Waals surface area contributed by atoms with E-state index < -0.39 is 0 Å². The second-order valence-electron chi connectivity index (χ2n) is 1.90. The molecule has 2 heteroatoms. The van der Waals surface area contributed by atoms with Crippen molar-refractivity contribution in [1.82, 2.24) is 0 Å². The summed E-state index contributed by atoms with van der Waals surface area (Å²) in [5, 5.41) is 0. The lowest BCUT2D eigenvalue weighted by atomic mass is 10.3. The van der Waals surface area contributed by atoms with Crippen LogP contribution in [-0.2, 0) is 9.47 Å². The fraction of sp³-hybridized carbons (Fsp3) is 0.500. The van der Waals surface area contributed by atoms with Crippen LogP contribution in [0.3, 0.4) is 0 Å². The van der Waals surface area contributed by atoms with Gasteiger partial charge in [0.15, 0.2) is 0 Å². The third-order valence-electron chi connectivity index (χ3n) is 0.967. The third-order valence-corrected chi connectivity index (χ3v) is 0.967. The van der Waals surface area contributed by atoms with E-state index >= 15 is 0 Å².